The number of phenols is 1. The Morgan fingerprint density at radius 3 is 2.26 bits per heavy atom. The first-order chi connectivity index (χ1) is 16.3. The summed E-state index contributed by atoms with van der Waals surface area (Å²) in [5.74, 6) is -0.373. The van der Waals surface area contributed by atoms with Gasteiger partial charge in [0.15, 0.2) is 5.75 Å². The Hall–Kier alpha value is -3.95. The van der Waals surface area contributed by atoms with Gasteiger partial charge in [0.05, 0.1) is 17.7 Å². The first-order valence-electron chi connectivity index (χ1n) is 9.92. The molecule has 0 spiro atoms. The molecule has 0 unspecified atom stereocenters. The number of carbonyl (C=O) groups is 1. The van der Waals surface area contributed by atoms with Gasteiger partial charge in [0.1, 0.15) is 11.4 Å². The van der Waals surface area contributed by atoms with Crippen LogP contribution in [0, 0.1) is 0 Å². The number of anilines is 1. The van der Waals surface area contributed by atoms with Crippen LogP contribution in [0.2, 0.25) is 5.02 Å². The van der Waals surface area contributed by atoms with Crippen molar-refractivity contribution in [1.29, 1.82) is 0 Å². The van der Waals surface area contributed by atoms with E-state index in [0.29, 0.717) is 21.5 Å². The zero-order chi connectivity index (χ0) is 24.3. The molecule has 0 radical (unpaired) electrons. The number of phenolic OH excluding ortho intramolecular Hbond substituents is 1. The van der Waals surface area contributed by atoms with E-state index in [1.54, 1.807) is 36.4 Å². The molecule has 0 heterocycles. The van der Waals surface area contributed by atoms with Crippen LogP contribution < -0.4 is 9.46 Å². The Morgan fingerprint density at radius 2 is 1.62 bits per heavy atom. The summed E-state index contributed by atoms with van der Waals surface area (Å²) in [5.41, 5.74) is 0.347. The highest BCUT2D eigenvalue weighted by molar-refractivity contribution is 7.92. The summed E-state index contributed by atoms with van der Waals surface area (Å²) in [4.78, 5) is 12.4. The lowest BCUT2D eigenvalue weighted by molar-refractivity contribution is 0.0995. The standard InChI is InChI=1S/C24H18ClN3O5S/c1-33-17-10-12-18(13-11-17)34(31,32)28-21-14-22(23(29)20-5-3-2-4-19(20)21)26-27-24(30)15-6-8-16(25)9-7-15/h2-14,28-29H,1H3. The maximum Gasteiger partial charge on any atom is 0.295 e. The van der Waals surface area contributed by atoms with E-state index in [2.05, 4.69) is 15.0 Å². The zero-order valence-electron chi connectivity index (χ0n) is 17.8. The number of rotatable bonds is 6. The molecule has 2 N–H and O–H groups in total. The van der Waals surface area contributed by atoms with Crippen molar-refractivity contribution < 1.29 is 23.1 Å². The first kappa shape index (κ1) is 23.2. The molecule has 0 fully saturated rings. The third kappa shape index (κ3) is 4.85. The lowest BCUT2D eigenvalue weighted by Crippen LogP contribution is -2.13. The SMILES string of the molecule is COc1ccc(S(=O)(=O)Nc2cc(N=NC(=O)c3ccc(Cl)cc3)c(O)c3ccccc23)cc1. The highest BCUT2D eigenvalue weighted by Crippen LogP contribution is 2.40. The lowest BCUT2D eigenvalue weighted by Gasteiger charge is -2.13. The number of amides is 1. The van der Waals surface area contributed by atoms with Gasteiger partial charge in [0.25, 0.3) is 15.9 Å². The van der Waals surface area contributed by atoms with Crippen LogP contribution in [0.3, 0.4) is 0 Å². The van der Waals surface area contributed by atoms with Crippen molar-refractivity contribution in [1.82, 2.24) is 0 Å². The maximum absolute atomic E-state index is 13.0. The summed E-state index contributed by atoms with van der Waals surface area (Å²) in [7, 11) is -2.49. The molecule has 34 heavy (non-hydrogen) atoms. The highest BCUT2D eigenvalue weighted by atomic mass is 35.5. The quantitative estimate of drug-likeness (QED) is 0.254. The normalized spacial score (nSPS) is 11.6. The van der Waals surface area contributed by atoms with Gasteiger partial charge in [0.2, 0.25) is 0 Å². The molecule has 0 aromatic heterocycles. The molecule has 8 nitrogen and oxygen atoms in total. The van der Waals surface area contributed by atoms with Gasteiger partial charge in [-0.2, -0.15) is 0 Å². The molecule has 0 aliphatic rings. The minimum Gasteiger partial charge on any atom is -0.505 e. The topological polar surface area (TPSA) is 117 Å². The van der Waals surface area contributed by atoms with Crippen LogP contribution in [0.15, 0.2) is 94.0 Å². The Balaban J connectivity index is 1.73. The van der Waals surface area contributed by atoms with Gasteiger partial charge in [-0.05, 0) is 54.6 Å². The minimum absolute atomic E-state index is 0.0200. The Kier molecular flexibility index (Phi) is 6.49. The molecule has 4 aromatic carbocycles. The number of methoxy groups -OCH3 is 1. The molecule has 172 valence electrons. The number of nitrogens with zero attached hydrogens (tertiary/aromatic N) is 2. The number of nitrogens with one attached hydrogen (secondary N) is 1. The molecule has 10 heteroatoms. The number of aromatic hydroxyl groups is 1. The van der Waals surface area contributed by atoms with Gasteiger partial charge in [-0.15, -0.1) is 10.2 Å². The number of azo groups is 1. The second-order valence-electron chi connectivity index (χ2n) is 7.13. The fourth-order valence-electron chi connectivity index (χ4n) is 3.21. The number of sulfonamides is 1. The van der Waals surface area contributed by atoms with E-state index >= 15 is 0 Å². The van der Waals surface area contributed by atoms with Crippen molar-refractivity contribution in [2.75, 3.05) is 11.8 Å². The van der Waals surface area contributed by atoms with Crippen molar-refractivity contribution in [3.63, 3.8) is 0 Å². The first-order valence-corrected chi connectivity index (χ1v) is 11.8. The maximum atomic E-state index is 13.0. The molecule has 4 aromatic rings. The van der Waals surface area contributed by atoms with E-state index in [4.69, 9.17) is 16.3 Å². The van der Waals surface area contributed by atoms with E-state index in [1.807, 2.05) is 0 Å². The highest BCUT2D eigenvalue weighted by Gasteiger charge is 2.19. The van der Waals surface area contributed by atoms with Crippen molar-refractivity contribution in [3.05, 3.63) is 89.4 Å². The molecule has 4 rings (SSSR count). The number of hydrogen-bond donors (Lipinski definition) is 2. The van der Waals surface area contributed by atoms with Crippen LogP contribution in [0.4, 0.5) is 11.4 Å². The van der Waals surface area contributed by atoms with Crippen LogP contribution in [-0.2, 0) is 10.0 Å². The number of benzene rings is 4. The molecule has 0 saturated carbocycles. The Labute approximate surface area is 200 Å². The molecule has 0 aliphatic heterocycles. The third-order valence-corrected chi connectivity index (χ3v) is 6.58. The van der Waals surface area contributed by atoms with E-state index in [1.165, 1.54) is 49.6 Å². The Bertz CT molecular complexity index is 1500. The van der Waals surface area contributed by atoms with Crippen molar-refractivity contribution in [2.24, 2.45) is 10.2 Å². The van der Waals surface area contributed by atoms with Crippen LogP contribution in [0.5, 0.6) is 11.5 Å². The van der Waals surface area contributed by atoms with E-state index in [9.17, 15) is 18.3 Å². The second-order valence-corrected chi connectivity index (χ2v) is 9.25. The van der Waals surface area contributed by atoms with E-state index in [-0.39, 0.29) is 27.6 Å². The van der Waals surface area contributed by atoms with Crippen LogP contribution in [-0.4, -0.2) is 26.5 Å². The number of fused-ring (bicyclic) bond motifs is 1. The van der Waals surface area contributed by atoms with Crippen LogP contribution >= 0.6 is 11.6 Å². The van der Waals surface area contributed by atoms with Gasteiger partial charge < -0.3 is 9.84 Å². The molecule has 0 atom stereocenters. The van der Waals surface area contributed by atoms with Crippen LogP contribution in [0.1, 0.15) is 10.4 Å². The summed E-state index contributed by atoms with van der Waals surface area (Å²) in [6, 6.07) is 19.9. The monoisotopic (exact) mass is 495 g/mol. The number of carbonyl (C=O) groups excluding carboxylic acids is 1. The number of ether oxygens (including phenoxy) is 1. The summed E-state index contributed by atoms with van der Waals surface area (Å²) in [6.07, 6.45) is 0. The molecule has 0 saturated heterocycles. The van der Waals surface area contributed by atoms with Crippen molar-refractivity contribution in [3.8, 4) is 11.5 Å². The fourth-order valence-corrected chi connectivity index (χ4v) is 4.41. The van der Waals surface area contributed by atoms with Gasteiger partial charge in [-0.25, -0.2) is 8.42 Å². The average molecular weight is 496 g/mol. The van der Waals surface area contributed by atoms with Crippen molar-refractivity contribution >= 4 is 49.7 Å². The van der Waals surface area contributed by atoms with Gasteiger partial charge in [0, 0.05) is 21.4 Å². The third-order valence-electron chi connectivity index (χ3n) is 4.95. The minimum atomic E-state index is -3.98. The number of hydrogen-bond acceptors (Lipinski definition) is 6. The molecule has 0 aliphatic carbocycles. The summed E-state index contributed by atoms with van der Waals surface area (Å²) >= 11 is 5.83. The second kappa shape index (κ2) is 9.50. The smallest absolute Gasteiger partial charge is 0.295 e. The van der Waals surface area contributed by atoms with Gasteiger partial charge in [-0.3, -0.25) is 9.52 Å². The van der Waals surface area contributed by atoms with Gasteiger partial charge in [-0.1, -0.05) is 35.9 Å². The lowest BCUT2D eigenvalue weighted by atomic mass is 10.1. The molecule has 0 bridgehead atoms. The van der Waals surface area contributed by atoms with Crippen LogP contribution in [0.25, 0.3) is 10.8 Å². The predicted molar refractivity (Wildman–Crippen MR) is 130 cm³/mol. The van der Waals surface area contributed by atoms with Crippen molar-refractivity contribution in [2.45, 2.75) is 4.90 Å². The summed E-state index contributed by atoms with van der Waals surface area (Å²) in [6.45, 7) is 0. The predicted octanol–water partition coefficient (Wildman–Crippen LogP) is 5.93. The molecular formula is C24H18ClN3O5S. The summed E-state index contributed by atoms with van der Waals surface area (Å²) < 4.78 is 33.6. The van der Waals surface area contributed by atoms with E-state index < -0.39 is 15.9 Å². The molecular weight excluding hydrogens is 478 g/mol. The fraction of sp³-hybridized carbons (Fsp3) is 0.0417. The summed E-state index contributed by atoms with van der Waals surface area (Å²) in [5, 5.41) is 19.5. The zero-order valence-corrected chi connectivity index (χ0v) is 19.3. The van der Waals surface area contributed by atoms with E-state index in [0.717, 1.165) is 0 Å². The van der Waals surface area contributed by atoms with Gasteiger partial charge >= 0.3 is 0 Å². The number of halogens is 1. The average Bonchev–Trinajstić information content (AvgIpc) is 2.85. The Morgan fingerprint density at radius 1 is 0.971 bits per heavy atom. The largest absolute Gasteiger partial charge is 0.505 e. The molecule has 1 amide bonds.